The van der Waals surface area contributed by atoms with Gasteiger partial charge < -0.3 is 10.1 Å². The molecule has 88 valence electrons. The highest BCUT2D eigenvalue weighted by atomic mass is 16.5. The lowest BCUT2D eigenvalue weighted by molar-refractivity contribution is 0.0941. The van der Waals surface area contributed by atoms with Crippen LogP contribution in [0.4, 0.5) is 0 Å². The minimum absolute atomic E-state index is 0.230. The Morgan fingerprint density at radius 1 is 1.06 bits per heavy atom. The van der Waals surface area contributed by atoms with Gasteiger partial charge in [0.25, 0.3) is 0 Å². The number of ether oxygens (including phenoxy) is 1. The number of rotatable bonds is 2. The molecular formula is C13H20N2O. The predicted molar refractivity (Wildman–Crippen MR) is 60.8 cm³/mol. The molecule has 3 nitrogen and oxygen atoms in total. The molecule has 3 heteroatoms. The van der Waals surface area contributed by atoms with Crippen LogP contribution in [0.15, 0.2) is 0 Å². The molecule has 1 saturated carbocycles. The Morgan fingerprint density at radius 2 is 1.94 bits per heavy atom. The molecule has 2 saturated heterocycles. The van der Waals surface area contributed by atoms with Crippen LogP contribution in [0.1, 0.15) is 44.9 Å². The summed E-state index contributed by atoms with van der Waals surface area (Å²) in [5, 5.41) is 12.8. The SMILES string of the molecule is N#CC1CCCCC1NC1CC2CCC1O2. The number of nitrogens with zero attached hydrogens (tertiary/aromatic N) is 1. The minimum atomic E-state index is 0.230. The van der Waals surface area contributed by atoms with Gasteiger partial charge in [-0.2, -0.15) is 5.26 Å². The first-order valence-corrected chi connectivity index (χ1v) is 6.68. The zero-order valence-electron chi connectivity index (χ0n) is 9.69. The van der Waals surface area contributed by atoms with Crippen molar-refractivity contribution >= 4 is 0 Å². The van der Waals surface area contributed by atoms with Crippen molar-refractivity contribution in [3.05, 3.63) is 0 Å². The normalized spacial score (nSPS) is 46.8. The van der Waals surface area contributed by atoms with E-state index < -0.39 is 0 Å². The van der Waals surface area contributed by atoms with E-state index in [9.17, 15) is 0 Å². The van der Waals surface area contributed by atoms with Crippen molar-refractivity contribution in [2.24, 2.45) is 5.92 Å². The molecule has 2 heterocycles. The molecule has 0 spiro atoms. The summed E-state index contributed by atoms with van der Waals surface area (Å²) in [4.78, 5) is 0. The molecule has 0 aromatic heterocycles. The average molecular weight is 220 g/mol. The maximum Gasteiger partial charge on any atom is 0.0733 e. The summed E-state index contributed by atoms with van der Waals surface area (Å²) < 4.78 is 5.85. The third-order valence-corrected chi connectivity index (χ3v) is 4.47. The van der Waals surface area contributed by atoms with Crippen molar-refractivity contribution in [3.63, 3.8) is 0 Å². The van der Waals surface area contributed by atoms with E-state index in [1.807, 2.05) is 0 Å². The first-order chi connectivity index (χ1) is 7.86. The van der Waals surface area contributed by atoms with E-state index in [0.717, 1.165) is 6.42 Å². The largest absolute Gasteiger partial charge is 0.373 e. The van der Waals surface area contributed by atoms with E-state index in [2.05, 4.69) is 11.4 Å². The maximum atomic E-state index is 9.15. The van der Waals surface area contributed by atoms with E-state index in [4.69, 9.17) is 10.00 Å². The third-order valence-electron chi connectivity index (χ3n) is 4.47. The standard InChI is InChI=1S/C13H20N2O/c14-8-9-3-1-2-4-11(9)15-12-7-10-5-6-13(12)16-10/h9-13,15H,1-7H2. The fourth-order valence-electron chi connectivity index (χ4n) is 3.57. The van der Waals surface area contributed by atoms with Crippen LogP contribution in [0.2, 0.25) is 0 Å². The molecule has 16 heavy (non-hydrogen) atoms. The molecule has 0 amide bonds. The van der Waals surface area contributed by atoms with Gasteiger partial charge in [0.1, 0.15) is 0 Å². The summed E-state index contributed by atoms with van der Waals surface area (Å²) in [6.45, 7) is 0. The second kappa shape index (κ2) is 4.35. The molecule has 1 aliphatic carbocycles. The second-order valence-corrected chi connectivity index (χ2v) is 5.51. The van der Waals surface area contributed by atoms with Crippen LogP contribution >= 0.6 is 0 Å². The highest BCUT2D eigenvalue weighted by molar-refractivity contribution is 5.00. The van der Waals surface area contributed by atoms with E-state index in [1.165, 1.54) is 38.5 Å². The van der Waals surface area contributed by atoms with Crippen LogP contribution < -0.4 is 5.32 Å². The Morgan fingerprint density at radius 3 is 2.62 bits per heavy atom. The zero-order chi connectivity index (χ0) is 11.0. The van der Waals surface area contributed by atoms with Crippen LogP contribution in [0.3, 0.4) is 0 Å². The summed E-state index contributed by atoms with van der Waals surface area (Å²) in [7, 11) is 0. The van der Waals surface area contributed by atoms with Crippen molar-refractivity contribution in [3.8, 4) is 6.07 Å². The van der Waals surface area contributed by atoms with Gasteiger partial charge in [-0.15, -0.1) is 0 Å². The van der Waals surface area contributed by atoms with Crippen LogP contribution in [-0.4, -0.2) is 24.3 Å². The van der Waals surface area contributed by atoms with Crippen LogP contribution in [0, 0.1) is 17.2 Å². The molecule has 0 aromatic carbocycles. The first-order valence-electron chi connectivity index (χ1n) is 6.68. The zero-order valence-corrected chi connectivity index (χ0v) is 9.69. The van der Waals surface area contributed by atoms with Crippen molar-refractivity contribution in [1.29, 1.82) is 5.26 Å². The Bertz CT molecular complexity index is 299. The Hall–Kier alpha value is -0.590. The van der Waals surface area contributed by atoms with Gasteiger partial charge in [0.05, 0.1) is 24.2 Å². The first kappa shape index (κ1) is 10.6. The smallest absolute Gasteiger partial charge is 0.0733 e. The lowest BCUT2D eigenvalue weighted by Gasteiger charge is -2.32. The highest BCUT2D eigenvalue weighted by Gasteiger charge is 2.42. The van der Waals surface area contributed by atoms with Gasteiger partial charge in [-0.05, 0) is 32.1 Å². The van der Waals surface area contributed by atoms with E-state index in [1.54, 1.807) is 0 Å². The van der Waals surface area contributed by atoms with Crippen LogP contribution in [0.5, 0.6) is 0 Å². The fourth-order valence-corrected chi connectivity index (χ4v) is 3.57. The highest BCUT2D eigenvalue weighted by Crippen LogP contribution is 2.35. The van der Waals surface area contributed by atoms with Gasteiger partial charge in [0.2, 0.25) is 0 Å². The van der Waals surface area contributed by atoms with E-state index in [-0.39, 0.29) is 5.92 Å². The number of nitriles is 1. The van der Waals surface area contributed by atoms with Crippen molar-refractivity contribution < 1.29 is 4.74 Å². The lowest BCUT2D eigenvalue weighted by atomic mass is 9.84. The molecule has 1 N–H and O–H groups in total. The van der Waals surface area contributed by atoms with Crippen molar-refractivity contribution in [2.45, 2.75) is 69.2 Å². The lowest BCUT2D eigenvalue weighted by Crippen LogP contribution is -2.47. The molecule has 2 bridgehead atoms. The van der Waals surface area contributed by atoms with Crippen molar-refractivity contribution in [1.82, 2.24) is 5.32 Å². The molecule has 2 aliphatic heterocycles. The monoisotopic (exact) mass is 220 g/mol. The molecular weight excluding hydrogens is 200 g/mol. The fraction of sp³-hybridized carbons (Fsp3) is 0.923. The summed E-state index contributed by atoms with van der Waals surface area (Å²) in [6, 6.07) is 3.42. The average Bonchev–Trinajstić information content (AvgIpc) is 2.92. The van der Waals surface area contributed by atoms with Crippen LogP contribution in [-0.2, 0) is 4.74 Å². The third kappa shape index (κ3) is 1.85. The minimum Gasteiger partial charge on any atom is -0.373 e. The second-order valence-electron chi connectivity index (χ2n) is 5.51. The Balaban J connectivity index is 1.59. The van der Waals surface area contributed by atoms with E-state index in [0.29, 0.717) is 24.3 Å². The number of hydrogen-bond acceptors (Lipinski definition) is 3. The van der Waals surface area contributed by atoms with Gasteiger partial charge in [-0.1, -0.05) is 12.8 Å². The topological polar surface area (TPSA) is 45.0 Å². The van der Waals surface area contributed by atoms with E-state index >= 15 is 0 Å². The van der Waals surface area contributed by atoms with Crippen molar-refractivity contribution in [2.75, 3.05) is 0 Å². The summed E-state index contributed by atoms with van der Waals surface area (Å²) in [6.07, 6.45) is 9.32. The van der Waals surface area contributed by atoms with Gasteiger partial charge >= 0.3 is 0 Å². The molecule has 3 fully saturated rings. The quantitative estimate of drug-likeness (QED) is 0.774. The molecule has 5 atom stereocenters. The maximum absolute atomic E-state index is 9.15. The van der Waals surface area contributed by atoms with Gasteiger partial charge in [-0.3, -0.25) is 0 Å². The summed E-state index contributed by atoms with van der Waals surface area (Å²) in [5.41, 5.74) is 0. The Kier molecular flexibility index (Phi) is 2.87. The number of hydrogen-bond donors (Lipinski definition) is 1. The Labute approximate surface area is 97.2 Å². The number of nitrogens with one attached hydrogen (secondary N) is 1. The molecule has 0 aromatic rings. The predicted octanol–water partition coefficient (Wildman–Crippen LogP) is 1.98. The van der Waals surface area contributed by atoms with Gasteiger partial charge in [0, 0.05) is 12.1 Å². The summed E-state index contributed by atoms with van der Waals surface area (Å²) >= 11 is 0. The molecule has 5 unspecified atom stereocenters. The van der Waals surface area contributed by atoms with Gasteiger partial charge in [0.15, 0.2) is 0 Å². The molecule has 0 radical (unpaired) electrons. The van der Waals surface area contributed by atoms with Gasteiger partial charge in [-0.25, -0.2) is 0 Å². The number of fused-ring (bicyclic) bond motifs is 2. The van der Waals surface area contributed by atoms with Crippen LogP contribution in [0.25, 0.3) is 0 Å². The molecule has 3 rings (SSSR count). The molecule has 3 aliphatic rings. The summed E-state index contributed by atoms with van der Waals surface area (Å²) in [5.74, 6) is 0.230.